The van der Waals surface area contributed by atoms with Crippen molar-refractivity contribution in [3.05, 3.63) is 57.9 Å². The number of amides is 1. The number of rotatable bonds is 5. The fourth-order valence-electron chi connectivity index (χ4n) is 7.02. The van der Waals surface area contributed by atoms with Crippen LogP contribution in [0.25, 0.3) is 10.4 Å². The van der Waals surface area contributed by atoms with Gasteiger partial charge < -0.3 is 20.5 Å². The topological polar surface area (TPSA) is 105 Å². The van der Waals surface area contributed by atoms with E-state index in [2.05, 4.69) is 90.1 Å². The lowest BCUT2D eigenvalue weighted by Gasteiger charge is -2.40. The highest BCUT2D eigenvalue weighted by Gasteiger charge is 2.39. The molecule has 2 fully saturated rings. The number of pyridine rings is 1. The number of nitrogens with zero attached hydrogens (tertiary/aromatic N) is 4. The minimum atomic E-state index is -1.69. The Bertz CT molecular complexity index is 1740. The number of carbonyl (C=O) groups is 1. The van der Waals surface area contributed by atoms with Crippen LogP contribution in [-0.4, -0.2) is 68.6 Å². The number of likely N-dealkylation sites (tertiary alicyclic amines) is 2. The molecule has 0 aliphatic carbocycles. The number of hydrogen-bond donors (Lipinski definition) is 2. The number of anilines is 1. The molecule has 3 N–H and O–H groups in total. The summed E-state index contributed by atoms with van der Waals surface area (Å²) in [7, 11) is 1.71. The number of likely N-dealkylation sites (N-methyl/N-ethyl adjacent to an activating group) is 1. The minimum absolute atomic E-state index is 0.191. The van der Waals surface area contributed by atoms with Gasteiger partial charge >= 0.3 is 0 Å². The van der Waals surface area contributed by atoms with Crippen molar-refractivity contribution in [3.63, 3.8) is 0 Å². The van der Waals surface area contributed by atoms with Crippen molar-refractivity contribution < 1.29 is 14.6 Å². The molecule has 264 valence electrons. The Balaban J connectivity index is 1.43. The first-order valence-electron chi connectivity index (χ1n) is 17.5. The van der Waals surface area contributed by atoms with Crippen LogP contribution >= 0.6 is 11.3 Å². The first-order valence-corrected chi connectivity index (χ1v) is 18.4. The van der Waals surface area contributed by atoms with Crippen molar-refractivity contribution in [2.75, 3.05) is 32.4 Å². The molecule has 5 rings (SSSR count). The molecule has 1 unspecified atom stereocenters. The number of aliphatic hydroxyl groups is 1. The summed E-state index contributed by atoms with van der Waals surface area (Å²) >= 11 is 1.73. The predicted octanol–water partition coefficient (Wildman–Crippen LogP) is 7.27. The average Bonchev–Trinajstić information content (AvgIpc) is 3.51. The molecule has 4 heterocycles. The van der Waals surface area contributed by atoms with Gasteiger partial charge in [-0.1, -0.05) is 53.4 Å². The van der Waals surface area contributed by atoms with E-state index in [1.807, 2.05) is 18.3 Å². The number of benzene rings is 1. The fourth-order valence-corrected chi connectivity index (χ4v) is 8.09. The second-order valence-corrected chi connectivity index (χ2v) is 18.0. The van der Waals surface area contributed by atoms with Crippen LogP contribution in [0.1, 0.15) is 121 Å². The van der Waals surface area contributed by atoms with Gasteiger partial charge in [-0.3, -0.25) is 9.69 Å². The Morgan fingerprint density at radius 3 is 2.33 bits per heavy atom. The van der Waals surface area contributed by atoms with E-state index in [0.29, 0.717) is 36.9 Å². The number of nitrogens with two attached hydrogens (primary N) is 1. The van der Waals surface area contributed by atoms with E-state index in [1.54, 1.807) is 29.5 Å². The number of thiazole rings is 1. The van der Waals surface area contributed by atoms with Crippen LogP contribution in [0.2, 0.25) is 0 Å². The highest BCUT2D eigenvalue weighted by molar-refractivity contribution is 7.15. The second kappa shape index (κ2) is 13.7. The molecule has 1 atom stereocenters. The maximum atomic E-state index is 12.8. The Labute approximate surface area is 297 Å². The van der Waals surface area contributed by atoms with Crippen molar-refractivity contribution in [3.8, 4) is 28.0 Å². The van der Waals surface area contributed by atoms with Gasteiger partial charge in [0.15, 0.2) is 11.6 Å². The Hall–Kier alpha value is -3.45. The van der Waals surface area contributed by atoms with Crippen molar-refractivity contribution in [2.24, 2.45) is 0 Å². The molecule has 8 nitrogen and oxygen atoms in total. The molecule has 2 aliphatic heterocycles. The third kappa shape index (κ3) is 8.30. The summed E-state index contributed by atoms with van der Waals surface area (Å²) in [5, 5.41) is 12.3. The summed E-state index contributed by atoms with van der Waals surface area (Å²) in [5.74, 6) is 7.07. The van der Waals surface area contributed by atoms with Gasteiger partial charge in [0.05, 0.1) is 9.88 Å². The Morgan fingerprint density at radius 1 is 1.00 bits per heavy atom. The second-order valence-electron chi connectivity index (χ2n) is 16.9. The summed E-state index contributed by atoms with van der Waals surface area (Å²) in [6.07, 6.45) is 7.00. The molecule has 0 saturated carbocycles. The molecule has 1 amide bonds. The normalized spacial score (nSPS) is 19.9. The Kier molecular flexibility index (Phi) is 10.3. The van der Waals surface area contributed by atoms with Crippen LogP contribution in [0.15, 0.2) is 30.6 Å². The molecule has 49 heavy (non-hydrogen) atoms. The molecule has 2 aliphatic rings. The van der Waals surface area contributed by atoms with Gasteiger partial charge in [0.2, 0.25) is 5.60 Å². The SMILES string of the molecule is CN1CCCC(O)(C#Cc2cc(COc3cc(-c4cnc(C5CCN(C(C)(C)C)CC5)s4)cnc3N)c(C(C)(C)C)c(C(C)(C)C)c2)C1=O. The number of piperidine rings is 2. The predicted molar refractivity (Wildman–Crippen MR) is 200 cm³/mol. The number of ether oxygens (including phenoxy) is 1. The van der Waals surface area contributed by atoms with Gasteiger partial charge in [-0.15, -0.1) is 11.3 Å². The smallest absolute Gasteiger partial charge is 0.267 e. The lowest BCUT2D eigenvalue weighted by molar-refractivity contribution is -0.148. The van der Waals surface area contributed by atoms with Crippen molar-refractivity contribution in [2.45, 2.75) is 122 Å². The van der Waals surface area contributed by atoms with E-state index in [-0.39, 0.29) is 28.9 Å². The summed E-state index contributed by atoms with van der Waals surface area (Å²) in [6, 6.07) is 6.09. The zero-order valence-corrected chi connectivity index (χ0v) is 32.0. The van der Waals surface area contributed by atoms with Crippen LogP contribution in [-0.2, 0) is 22.2 Å². The molecule has 2 saturated heterocycles. The summed E-state index contributed by atoms with van der Waals surface area (Å²) in [6.45, 7) is 23.1. The molecular formula is C40H55N5O3S. The highest BCUT2D eigenvalue weighted by Crippen LogP contribution is 2.40. The average molecular weight is 686 g/mol. The lowest BCUT2D eigenvalue weighted by atomic mass is 9.72. The lowest BCUT2D eigenvalue weighted by Crippen LogP contribution is -2.51. The van der Waals surface area contributed by atoms with Crippen LogP contribution in [0.5, 0.6) is 5.75 Å². The first kappa shape index (κ1) is 36.8. The summed E-state index contributed by atoms with van der Waals surface area (Å²) < 4.78 is 6.49. The third-order valence-electron chi connectivity index (χ3n) is 9.79. The number of hydrogen-bond acceptors (Lipinski definition) is 8. The van der Waals surface area contributed by atoms with Gasteiger partial charge in [-0.2, -0.15) is 0 Å². The van der Waals surface area contributed by atoms with Gasteiger partial charge in [-0.05, 0) is 105 Å². The molecule has 0 bridgehead atoms. The van der Waals surface area contributed by atoms with E-state index in [4.69, 9.17) is 15.5 Å². The molecule has 2 aromatic heterocycles. The molecule has 1 aromatic carbocycles. The van der Waals surface area contributed by atoms with Gasteiger partial charge in [0.25, 0.3) is 5.91 Å². The molecule has 3 aromatic rings. The molecule has 9 heteroatoms. The molecule has 0 spiro atoms. The quantitative estimate of drug-likeness (QED) is 0.272. The van der Waals surface area contributed by atoms with Crippen LogP contribution in [0.3, 0.4) is 0 Å². The number of carbonyl (C=O) groups excluding carboxylic acids is 1. The fraction of sp³-hybridized carbons (Fsp3) is 0.575. The zero-order valence-electron chi connectivity index (χ0n) is 31.2. The Morgan fingerprint density at radius 2 is 1.69 bits per heavy atom. The number of aromatic nitrogens is 2. The number of nitrogen functional groups attached to an aromatic ring is 1. The van der Waals surface area contributed by atoms with Crippen molar-refractivity contribution >= 4 is 23.1 Å². The maximum Gasteiger partial charge on any atom is 0.267 e. The highest BCUT2D eigenvalue weighted by atomic mass is 32.1. The maximum absolute atomic E-state index is 12.8. The van der Waals surface area contributed by atoms with Crippen LogP contribution in [0.4, 0.5) is 5.82 Å². The monoisotopic (exact) mass is 685 g/mol. The van der Waals surface area contributed by atoms with Crippen LogP contribution < -0.4 is 10.5 Å². The van der Waals surface area contributed by atoms with Crippen molar-refractivity contribution in [1.82, 2.24) is 19.8 Å². The zero-order chi connectivity index (χ0) is 35.9. The summed E-state index contributed by atoms with van der Waals surface area (Å²) in [4.78, 5) is 27.3. The van der Waals surface area contributed by atoms with E-state index in [9.17, 15) is 9.90 Å². The largest absolute Gasteiger partial charge is 0.485 e. The molecule has 0 radical (unpaired) electrons. The van der Waals surface area contributed by atoms with E-state index >= 15 is 0 Å². The van der Waals surface area contributed by atoms with Gasteiger partial charge in [0.1, 0.15) is 6.61 Å². The molecular weight excluding hydrogens is 631 g/mol. The van der Waals surface area contributed by atoms with E-state index < -0.39 is 5.60 Å². The van der Waals surface area contributed by atoms with E-state index in [1.165, 1.54) is 10.6 Å². The minimum Gasteiger partial charge on any atom is -0.485 e. The standard InChI is InChI=1S/C40H55N5O3S/c1-37(2,3)30-21-26(12-16-40(47)15-11-17-44(10)36(40)46)20-29(33(30)38(4,5)6)25-48-31-22-28(23-42-34(31)41)32-24-43-35(49-32)27-13-18-45(19-14-27)39(7,8)9/h20-24,27,47H,11,13-15,17-19,25H2,1-10H3,(H2,41,42). The first-order chi connectivity index (χ1) is 22.8. The third-order valence-corrected chi connectivity index (χ3v) is 11.0. The van der Waals surface area contributed by atoms with Gasteiger partial charge in [-0.25, -0.2) is 9.97 Å². The van der Waals surface area contributed by atoms with Crippen molar-refractivity contribution in [1.29, 1.82) is 0 Å². The van der Waals surface area contributed by atoms with E-state index in [0.717, 1.165) is 53.1 Å². The van der Waals surface area contributed by atoms with Gasteiger partial charge in [0, 0.05) is 48.6 Å². The summed E-state index contributed by atoms with van der Waals surface area (Å²) in [5.41, 5.74) is 9.48. The van der Waals surface area contributed by atoms with Crippen LogP contribution in [0, 0.1) is 11.8 Å².